The van der Waals surface area contributed by atoms with Crippen molar-refractivity contribution in [1.82, 2.24) is 0 Å². The number of hydrogen-bond acceptors (Lipinski definition) is 1. The van der Waals surface area contributed by atoms with Crippen LogP contribution in [-0.2, 0) is 4.79 Å². The number of rotatable bonds is 2. The average molecular weight is 194 g/mol. The number of allylic oxidation sites excluding steroid dienone is 2. The quantitative estimate of drug-likeness (QED) is 0.614. The maximum atomic E-state index is 11.6. The van der Waals surface area contributed by atoms with Crippen molar-refractivity contribution in [3.63, 3.8) is 0 Å². The van der Waals surface area contributed by atoms with Gasteiger partial charge in [0.05, 0.1) is 0 Å². The zero-order valence-electron chi connectivity index (χ0n) is 10.1. The number of carbonyl (C=O) groups excluding carboxylic acids is 1. The van der Waals surface area contributed by atoms with E-state index in [1.165, 1.54) is 5.57 Å². The molecule has 1 rings (SSSR count). The molecule has 0 saturated heterocycles. The molecule has 0 N–H and O–H groups in total. The lowest BCUT2D eigenvalue weighted by molar-refractivity contribution is -0.128. The zero-order chi connectivity index (χ0) is 10.9. The first-order chi connectivity index (χ1) is 6.35. The number of hydrogen-bond donors (Lipinski definition) is 0. The first kappa shape index (κ1) is 11.5. The van der Waals surface area contributed by atoms with E-state index < -0.39 is 0 Å². The minimum Gasteiger partial charge on any atom is -0.299 e. The predicted octanol–water partition coefficient (Wildman–Crippen LogP) is 3.59. The largest absolute Gasteiger partial charge is 0.299 e. The summed E-state index contributed by atoms with van der Waals surface area (Å²) < 4.78 is 0. The van der Waals surface area contributed by atoms with Crippen LogP contribution in [0.15, 0.2) is 11.6 Å². The van der Waals surface area contributed by atoms with Gasteiger partial charge in [-0.05, 0) is 38.5 Å². The van der Waals surface area contributed by atoms with Crippen LogP contribution in [0.2, 0.25) is 0 Å². The second-order valence-corrected chi connectivity index (χ2v) is 5.30. The van der Waals surface area contributed by atoms with Crippen LogP contribution in [0.3, 0.4) is 0 Å². The zero-order valence-corrected chi connectivity index (χ0v) is 10.1. The summed E-state index contributed by atoms with van der Waals surface area (Å²) in [5, 5.41) is 0. The van der Waals surface area contributed by atoms with Crippen LogP contribution >= 0.6 is 0 Å². The highest BCUT2D eigenvalue weighted by atomic mass is 16.1. The summed E-state index contributed by atoms with van der Waals surface area (Å²) in [5.74, 6) is 1.38. The Balaban J connectivity index is 2.85. The van der Waals surface area contributed by atoms with E-state index in [1.54, 1.807) is 6.92 Å². The van der Waals surface area contributed by atoms with Gasteiger partial charge in [0, 0.05) is 5.41 Å². The molecular weight excluding hydrogens is 172 g/mol. The molecule has 1 aliphatic rings. The Morgan fingerprint density at radius 3 is 2.50 bits per heavy atom. The van der Waals surface area contributed by atoms with Crippen LogP contribution in [0.4, 0.5) is 0 Å². The lowest BCUT2D eigenvalue weighted by atomic mass is 9.65. The van der Waals surface area contributed by atoms with E-state index >= 15 is 0 Å². The van der Waals surface area contributed by atoms with Gasteiger partial charge in [0.2, 0.25) is 0 Å². The van der Waals surface area contributed by atoms with Gasteiger partial charge < -0.3 is 0 Å². The fourth-order valence-corrected chi connectivity index (χ4v) is 2.57. The highest BCUT2D eigenvalue weighted by Gasteiger charge is 2.37. The number of ketones is 1. The third-order valence-electron chi connectivity index (χ3n) is 3.87. The smallest absolute Gasteiger partial charge is 0.135 e. The summed E-state index contributed by atoms with van der Waals surface area (Å²) in [5.41, 5.74) is 1.32. The average Bonchev–Trinajstić information content (AvgIpc) is 2.02. The molecule has 2 unspecified atom stereocenters. The van der Waals surface area contributed by atoms with Crippen molar-refractivity contribution < 1.29 is 4.79 Å². The second kappa shape index (κ2) is 3.88. The van der Waals surface area contributed by atoms with Crippen molar-refractivity contribution in [3.05, 3.63) is 11.6 Å². The Morgan fingerprint density at radius 1 is 1.50 bits per heavy atom. The molecule has 1 aliphatic carbocycles. The van der Waals surface area contributed by atoms with E-state index in [2.05, 4.69) is 33.8 Å². The molecule has 0 bridgehead atoms. The van der Waals surface area contributed by atoms with Gasteiger partial charge in [-0.25, -0.2) is 0 Å². The normalized spacial score (nSPS) is 28.5. The van der Waals surface area contributed by atoms with Gasteiger partial charge in [-0.3, -0.25) is 4.79 Å². The third kappa shape index (κ3) is 2.08. The Bertz CT molecular complexity index is 260. The molecule has 1 heteroatoms. The molecule has 0 radical (unpaired) electrons. The van der Waals surface area contributed by atoms with Gasteiger partial charge in [-0.2, -0.15) is 0 Å². The molecule has 0 fully saturated rings. The van der Waals surface area contributed by atoms with Crippen molar-refractivity contribution in [3.8, 4) is 0 Å². The van der Waals surface area contributed by atoms with Gasteiger partial charge in [0.25, 0.3) is 0 Å². The van der Waals surface area contributed by atoms with Gasteiger partial charge in [-0.15, -0.1) is 0 Å². The Labute approximate surface area is 87.6 Å². The highest BCUT2D eigenvalue weighted by molar-refractivity contribution is 5.81. The summed E-state index contributed by atoms with van der Waals surface area (Å²) >= 11 is 0. The monoisotopic (exact) mass is 194 g/mol. The molecule has 1 nitrogen and oxygen atoms in total. The first-order valence-electron chi connectivity index (χ1n) is 5.54. The molecular formula is C13H22O. The van der Waals surface area contributed by atoms with E-state index in [-0.39, 0.29) is 5.41 Å². The van der Waals surface area contributed by atoms with Crippen LogP contribution < -0.4 is 0 Å². The molecule has 0 amide bonds. The summed E-state index contributed by atoms with van der Waals surface area (Å²) in [7, 11) is 0. The van der Waals surface area contributed by atoms with Crippen LogP contribution in [0, 0.1) is 17.3 Å². The maximum Gasteiger partial charge on any atom is 0.135 e. The first-order valence-corrected chi connectivity index (χ1v) is 5.54. The predicted molar refractivity (Wildman–Crippen MR) is 60.1 cm³/mol. The second-order valence-electron chi connectivity index (χ2n) is 5.30. The Morgan fingerprint density at radius 2 is 2.07 bits per heavy atom. The van der Waals surface area contributed by atoms with Crippen molar-refractivity contribution in [1.29, 1.82) is 0 Å². The van der Waals surface area contributed by atoms with Gasteiger partial charge in [0.1, 0.15) is 5.78 Å². The molecule has 0 aliphatic heterocycles. The number of Topliss-reactive ketones (excluding diaryl/α,β-unsaturated/α-hetero) is 1. The van der Waals surface area contributed by atoms with E-state index in [0.717, 1.165) is 12.8 Å². The van der Waals surface area contributed by atoms with E-state index in [4.69, 9.17) is 0 Å². The SMILES string of the molecule is CC(=O)C(C)(C)C1CCC(C)=CC1C. The van der Waals surface area contributed by atoms with Crippen molar-refractivity contribution in [2.75, 3.05) is 0 Å². The lowest BCUT2D eigenvalue weighted by Gasteiger charge is -2.38. The lowest BCUT2D eigenvalue weighted by Crippen LogP contribution is -2.36. The molecule has 0 heterocycles. The van der Waals surface area contributed by atoms with Gasteiger partial charge in [-0.1, -0.05) is 32.4 Å². The van der Waals surface area contributed by atoms with Crippen molar-refractivity contribution >= 4 is 5.78 Å². The summed E-state index contributed by atoms with van der Waals surface area (Å²) in [4.78, 5) is 11.6. The number of carbonyl (C=O) groups is 1. The fourth-order valence-electron chi connectivity index (χ4n) is 2.57. The molecule has 2 atom stereocenters. The Hall–Kier alpha value is -0.590. The van der Waals surface area contributed by atoms with Crippen molar-refractivity contribution in [2.45, 2.75) is 47.5 Å². The van der Waals surface area contributed by atoms with Crippen LogP contribution in [0.5, 0.6) is 0 Å². The molecule has 0 aromatic rings. The van der Waals surface area contributed by atoms with E-state index in [1.807, 2.05) is 0 Å². The summed E-state index contributed by atoms with van der Waals surface area (Å²) in [6, 6.07) is 0. The fraction of sp³-hybridized carbons (Fsp3) is 0.769. The molecule has 80 valence electrons. The minimum absolute atomic E-state index is 0.156. The highest BCUT2D eigenvalue weighted by Crippen LogP contribution is 2.41. The molecule has 0 aromatic heterocycles. The topological polar surface area (TPSA) is 17.1 Å². The third-order valence-corrected chi connectivity index (χ3v) is 3.87. The summed E-state index contributed by atoms with van der Waals surface area (Å²) in [6.07, 6.45) is 4.65. The molecule has 0 spiro atoms. The Kier molecular flexibility index (Phi) is 3.18. The van der Waals surface area contributed by atoms with E-state index in [9.17, 15) is 4.79 Å². The van der Waals surface area contributed by atoms with Crippen LogP contribution in [-0.4, -0.2) is 5.78 Å². The minimum atomic E-state index is -0.156. The van der Waals surface area contributed by atoms with Crippen LogP contribution in [0.1, 0.15) is 47.5 Å². The van der Waals surface area contributed by atoms with Crippen molar-refractivity contribution in [2.24, 2.45) is 17.3 Å². The molecule has 14 heavy (non-hydrogen) atoms. The van der Waals surface area contributed by atoms with E-state index in [0.29, 0.717) is 17.6 Å². The maximum absolute atomic E-state index is 11.6. The standard InChI is InChI=1S/C13H22O/c1-9-6-7-12(10(2)8-9)13(4,5)11(3)14/h8,10,12H,6-7H2,1-5H3. The molecule has 0 saturated carbocycles. The molecule has 0 aromatic carbocycles. The van der Waals surface area contributed by atoms with Gasteiger partial charge >= 0.3 is 0 Å². The summed E-state index contributed by atoms with van der Waals surface area (Å²) in [6.45, 7) is 10.3. The van der Waals surface area contributed by atoms with Crippen LogP contribution in [0.25, 0.3) is 0 Å². The van der Waals surface area contributed by atoms with Gasteiger partial charge in [0.15, 0.2) is 0 Å².